The smallest absolute Gasteiger partial charge is 0.199 e. The molecule has 1 atom stereocenters. The third-order valence-electron chi connectivity index (χ3n) is 1.88. The van der Waals surface area contributed by atoms with E-state index in [4.69, 9.17) is 14.6 Å². The Balaban J connectivity index is 2.53. The van der Waals surface area contributed by atoms with Crippen LogP contribution in [0.15, 0.2) is 49.0 Å². The predicted molar refractivity (Wildman–Crippen MR) is 59.2 cm³/mol. The molecule has 1 heterocycles. The zero-order valence-electron chi connectivity index (χ0n) is 8.69. The average molecular weight is 208 g/mol. The molecule has 1 N–H and O–H groups in total. The van der Waals surface area contributed by atoms with Gasteiger partial charge in [0, 0.05) is 6.42 Å². The van der Waals surface area contributed by atoms with Crippen LogP contribution in [0, 0.1) is 0 Å². The van der Waals surface area contributed by atoms with Gasteiger partial charge in [0.1, 0.15) is 11.5 Å². The monoisotopic (exact) mass is 208 g/mol. The fourth-order valence-corrected chi connectivity index (χ4v) is 1.22. The molecule has 0 radical (unpaired) electrons. The van der Waals surface area contributed by atoms with Gasteiger partial charge in [-0.15, -0.1) is 0 Å². The van der Waals surface area contributed by atoms with Crippen molar-refractivity contribution < 1.29 is 14.6 Å². The Labute approximate surface area is 90.0 Å². The Morgan fingerprint density at radius 3 is 2.80 bits per heavy atom. The van der Waals surface area contributed by atoms with E-state index >= 15 is 0 Å². The summed E-state index contributed by atoms with van der Waals surface area (Å²) in [6, 6.07) is 0. The number of aliphatic hydroxyl groups is 1. The molecule has 0 aliphatic carbocycles. The molecule has 0 aromatic rings. The molecule has 0 bridgehead atoms. The van der Waals surface area contributed by atoms with Gasteiger partial charge in [-0.2, -0.15) is 0 Å². The van der Waals surface area contributed by atoms with Crippen molar-refractivity contribution in [2.24, 2.45) is 0 Å². The maximum atomic E-state index is 8.91. The fourth-order valence-electron chi connectivity index (χ4n) is 1.22. The molecular weight excluding hydrogens is 192 g/mol. The van der Waals surface area contributed by atoms with E-state index in [2.05, 4.69) is 13.2 Å². The van der Waals surface area contributed by atoms with Crippen LogP contribution >= 0.6 is 0 Å². The van der Waals surface area contributed by atoms with Crippen molar-refractivity contribution in [1.29, 1.82) is 0 Å². The standard InChI is InChI=1S/C12H16O3/c1-3-5-11(8-7-10(2)13)15-12-6-4-9-14-12/h3,5,7-8,12-13H,1-2,4,6,9H2/b8-7-,11-5+/t12-/m1/s1. The second-order valence-electron chi connectivity index (χ2n) is 3.19. The molecule has 1 fully saturated rings. The molecule has 0 unspecified atom stereocenters. The number of allylic oxidation sites excluding steroid dienone is 4. The van der Waals surface area contributed by atoms with E-state index in [1.807, 2.05) is 0 Å². The van der Waals surface area contributed by atoms with Gasteiger partial charge in [0.15, 0.2) is 6.29 Å². The second kappa shape index (κ2) is 6.09. The van der Waals surface area contributed by atoms with Crippen LogP contribution in [0.1, 0.15) is 12.8 Å². The molecule has 1 aliphatic heterocycles. The molecular formula is C12H16O3. The number of hydrogen-bond acceptors (Lipinski definition) is 3. The number of aliphatic hydroxyl groups excluding tert-OH is 1. The molecule has 1 aliphatic rings. The predicted octanol–water partition coefficient (Wildman–Crippen LogP) is 2.84. The number of rotatable bonds is 5. The topological polar surface area (TPSA) is 38.7 Å². The first kappa shape index (κ1) is 11.6. The minimum atomic E-state index is -0.187. The van der Waals surface area contributed by atoms with Crippen molar-refractivity contribution in [2.75, 3.05) is 6.61 Å². The highest BCUT2D eigenvalue weighted by molar-refractivity contribution is 5.22. The van der Waals surface area contributed by atoms with Gasteiger partial charge in [0.25, 0.3) is 0 Å². The average Bonchev–Trinajstić information content (AvgIpc) is 2.67. The summed E-state index contributed by atoms with van der Waals surface area (Å²) in [6.45, 7) is 7.67. The van der Waals surface area contributed by atoms with Gasteiger partial charge < -0.3 is 14.6 Å². The van der Waals surface area contributed by atoms with Crippen LogP contribution in [-0.2, 0) is 9.47 Å². The van der Waals surface area contributed by atoms with E-state index in [0.29, 0.717) is 5.76 Å². The van der Waals surface area contributed by atoms with Gasteiger partial charge in [-0.25, -0.2) is 0 Å². The van der Waals surface area contributed by atoms with Crippen molar-refractivity contribution in [3.05, 3.63) is 49.0 Å². The number of hydrogen-bond donors (Lipinski definition) is 1. The fraction of sp³-hybridized carbons (Fsp3) is 0.333. The maximum absolute atomic E-state index is 8.91. The van der Waals surface area contributed by atoms with Crippen LogP contribution in [0.5, 0.6) is 0 Å². The third-order valence-corrected chi connectivity index (χ3v) is 1.88. The normalized spacial score (nSPS) is 21.9. The molecule has 0 spiro atoms. The van der Waals surface area contributed by atoms with Crippen molar-refractivity contribution in [3.8, 4) is 0 Å². The minimum absolute atomic E-state index is 0.0131. The van der Waals surface area contributed by atoms with E-state index in [0.717, 1.165) is 19.4 Å². The summed E-state index contributed by atoms with van der Waals surface area (Å²) in [5, 5.41) is 8.91. The summed E-state index contributed by atoms with van der Waals surface area (Å²) in [5.74, 6) is 0.591. The van der Waals surface area contributed by atoms with Crippen molar-refractivity contribution in [3.63, 3.8) is 0 Å². The van der Waals surface area contributed by atoms with E-state index in [1.54, 1.807) is 18.2 Å². The summed E-state index contributed by atoms with van der Waals surface area (Å²) in [4.78, 5) is 0. The Hall–Kier alpha value is -1.48. The molecule has 3 heteroatoms. The molecule has 0 saturated carbocycles. The van der Waals surface area contributed by atoms with Gasteiger partial charge in [0.05, 0.1) is 6.61 Å². The largest absolute Gasteiger partial charge is 0.509 e. The van der Waals surface area contributed by atoms with Gasteiger partial charge in [-0.1, -0.05) is 19.2 Å². The van der Waals surface area contributed by atoms with Crippen molar-refractivity contribution >= 4 is 0 Å². The van der Waals surface area contributed by atoms with Gasteiger partial charge in [-0.3, -0.25) is 0 Å². The maximum Gasteiger partial charge on any atom is 0.199 e. The van der Waals surface area contributed by atoms with E-state index in [-0.39, 0.29) is 12.0 Å². The molecule has 0 aromatic heterocycles. The summed E-state index contributed by atoms with van der Waals surface area (Å²) < 4.78 is 10.9. The molecule has 0 amide bonds. The quantitative estimate of drug-likeness (QED) is 0.557. The van der Waals surface area contributed by atoms with Crippen LogP contribution in [0.4, 0.5) is 0 Å². The van der Waals surface area contributed by atoms with Gasteiger partial charge >= 0.3 is 0 Å². The Kier molecular flexibility index (Phi) is 4.71. The van der Waals surface area contributed by atoms with Crippen LogP contribution in [0.3, 0.4) is 0 Å². The molecule has 1 rings (SSSR count). The molecule has 0 aromatic carbocycles. The van der Waals surface area contributed by atoms with E-state index in [1.165, 1.54) is 6.08 Å². The zero-order chi connectivity index (χ0) is 11.1. The first-order chi connectivity index (χ1) is 7.22. The molecule has 15 heavy (non-hydrogen) atoms. The highest BCUT2D eigenvalue weighted by Crippen LogP contribution is 2.17. The number of ether oxygens (including phenoxy) is 2. The van der Waals surface area contributed by atoms with Crippen LogP contribution < -0.4 is 0 Å². The zero-order valence-corrected chi connectivity index (χ0v) is 8.69. The summed E-state index contributed by atoms with van der Waals surface area (Å²) in [6.07, 6.45) is 8.14. The lowest BCUT2D eigenvalue weighted by molar-refractivity contribution is -0.0764. The minimum Gasteiger partial charge on any atom is -0.509 e. The van der Waals surface area contributed by atoms with Gasteiger partial charge in [0.2, 0.25) is 0 Å². The van der Waals surface area contributed by atoms with Gasteiger partial charge in [-0.05, 0) is 24.6 Å². The first-order valence-corrected chi connectivity index (χ1v) is 4.89. The Morgan fingerprint density at radius 2 is 2.27 bits per heavy atom. The van der Waals surface area contributed by atoms with Crippen LogP contribution in [0.25, 0.3) is 0 Å². The Morgan fingerprint density at radius 1 is 1.47 bits per heavy atom. The lowest BCUT2D eigenvalue weighted by Gasteiger charge is -2.12. The first-order valence-electron chi connectivity index (χ1n) is 4.89. The second-order valence-corrected chi connectivity index (χ2v) is 3.19. The van der Waals surface area contributed by atoms with Crippen LogP contribution in [-0.4, -0.2) is 18.0 Å². The Bertz CT molecular complexity index is 283. The van der Waals surface area contributed by atoms with E-state index < -0.39 is 0 Å². The molecule has 1 saturated heterocycles. The summed E-state index contributed by atoms with van der Waals surface area (Å²) >= 11 is 0. The SMILES string of the molecule is C=C/C=C(\C=C/C(=C)O)O[C@@H]1CCCO1. The third kappa shape index (κ3) is 4.51. The highest BCUT2D eigenvalue weighted by Gasteiger charge is 2.16. The molecule has 3 nitrogen and oxygen atoms in total. The lowest BCUT2D eigenvalue weighted by atomic mass is 10.3. The van der Waals surface area contributed by atoms with E-state index in [9.17, 15) is 0 Å². The van der Waals surface area contributed by atoms with Crippen molar-refractivity contribution in [2.45, 2.75) is 19.1 Å². The molecule has 82 valence electrons. The lowest BCUT2D eigenvalue weighted by Crippen LogP contribution is -2.09. The van der Waals surface area contributed by atoms with Crippen LogP contribution in [0.2, 0.25) is 0 Å². The summed E-state index contributed by atoms with van der Waals surface area (Å²) in [7, 11) is 0. The summed E-state index contributed by atoms with van der Waals surface area (Å²) in [5.41, 5.74) is 0. The van der Waals surface area contributed by atoms with Crippen molar-refractivity contribution in [1.82, 2.24) is 0 Å². The highest BCUT2D eigenvalue weighted by atomic mass is 16.7.